The Hall–Kier alpha value is -1.87. The summed E-state index contributed by atoms with van der Waals surface area (Å²) in [6, 6.07) is 10.3. The van der Waals surface area contributed by atoms with Gasteiger partial charge in [-0.2, -0.15) is 0 Å². The molecule has 3 heteroatoms. The van der Waals surface area contributed by atoms with Crippen molar-refractivity contribution in [2.45, 2.75) is 45.8 Å². The summed E-state index contributed by atoms with van der Waals surface area (Å²) >= 11 is 0. The fraction of sp³-hybridized carbons (Fsp3) is 0.421. The van der Waals surface area contributed by atoms with Gasteiger partial charge in [-0.1, -0.05) is 31.5 Å². The Morgan fingerprint density at radius 2 is 2.05 bits per heavy atom. The summed E-state index contributed by atoms with van der Waals surface area (Å²) in [6.45, 7) is 6.77. The molecule has 1 atom stereocenters. The first kappa shape index (κ1) is 15.0. The van der Waals surface area contributed by atoms with Gasteiger partial charge in [-0.15, -0.1) is 0 Å². The number of fused-ring (bicyclic) bond motifs is 2. The second kappa shape index (κ2) is 6.09. The van der Waals surface area contributed by atoms with Crippen LogP contribution in [-0.4, -0.2) is 11.6 Å². The van der Waals surface area contributed by atoms with Crippen LogP contribution in [0.3, 0.4) is 0 Å². The Morgan fingerprint density at radius 3 is 2.82 bits per heavy atom. The molecule has 0 aliphatic carbocycles. The van der Waals surface area contributed by atoms with E-state index >= 15 is 0 Å². The molecule has 1 aliphatic rings. The lowest BCUT2D eigenvalue weighted by atomic mass is 9.98. The van der Waals surface area contributed by atoms with Crippen LogP contribution in [0.1, 0.15) is 51.3 Å². The number of aromatic nitrogens is 1. The summed E-state index contributed by atoms with van der Waals surface area (Å²) in [7, 11) is 0. The molecule has 3 nitrogen and oxygen atoms in total. The molecule has 22 heavy (non-hydrogen) atoms. The van der Waals surface area contributed by atoms with Crippen molar-refractivity contribution < 1.29 is 9.47 Å². The average Bonchev–Trinajstić information content (AvgIpc) is 2.51. The van der Waals surface area contributed by atoms with Crippen LogP contribution < -0.4 is 0 Å². The molecule has 2 aromatic rings. The van der Waals surface area contributed by atoms with Crippen molar-refractivity contribution in [3.8, 4) is 0 Å². The lowest BCUT2D eigenvalue weighted by molar-refractivity contribution is -0.212. The van der Waals surface area contributed by atoms with Gasteiger partial charge in [0.15, 0.2) is 0 Å². The van der Waals surface area contributed by atoms with Crippen LogP contribution in [-0.2, 0) is 15.3 Å². The zero-order valence-electron chi connectivity index (χ0n) is 13.6. The quantitative estimate of drug-likeness (QED) is 0.777. The minimum Gasteiger partial charge on any atom is -0.462 e. The SMILES string of the molecule is CCCCC1=Cc2nc3ccccc3cc2C(C)(OCC)O1. The second-order valence-corrected chi connectivity index (χ2v) is 5.81. The maximum absolute atomic E-state index is 6.19. The Kier molecular flexibility index (Phi) is 4.16. The van der Waals surface area contributed by atoms with Crippen LogP contribution in [0.15, 0.2) is 36.1 Å². The first-order valence-electron chi connectivity index (χ1n) is 8.10. The molecular weight excluding hydrogens is 274 g/mol. The molecular formula is C19H23NO2. The van der Waals surface area contributed by atoms with E-state index < -0.39 is 5.79 Å². The van der Waals surface area contributed by atoms with E-state index in [2.05, 4.69) is 25.1 Å². The molecule has 0 N–H and O–H groups in total. The lowest BCUT2D eigenvalue weighted by Crippen LogP contribution is -2.33. The van der Waals surface area contributed by atoms with E-state index in [0.717, 1.165) is 47.2 Å². The van der Waals surface area contributed by atoms with Gasteiger partial charge >= 0.3 is 0 Å². The number of rotatable bonds is 5. The van der Waals surface area contributed by atoms with E-state index in [0.29, 0.717) is 6.61 Å². The summed E-state index contributed by atoms with van der Waals surface area (Å²) in [5.41, 5.74) is 2.98. The molecule has 0 saturated heterocycles. The topological polar surface area (TPSA) is 31.4 Å². The monoisotopic (exact) mass is 297 g/mol. The molecule has 0 saturated carbocycles. The molecule has 0 amide bonds. The highest BCUT2D eigenvalue weighted by atomic mass is 16.7. The van der Waals surface area contributed by atoms with E-state index in [-0.39, 0.29) is 0 Å². The van der Waals surface area contributed by atoms with Gasteiger partial charge in [-0.3, -0.25) is 0 Å². The summed E-state index contributed by atoms with van der Waals surface area (Å²) in [6.07, 6.45) is 5.24. The summed E-state index contributed by atoms with van der Waals surface area (Å²) < 4.78 is 12.1. The highest BCUT2D eigenvalue weighted by molar-refractivity contribution is 5.81. The van der Waals surface area contributed by atoms with E-state index in [1.54, 1.807) is 0 Å². The molecule has 3 rings (SSSR count). The third-order valence-electron chi connectivity index (χ3n) is 4.06. The van der Waals surface area contributed by atoms with Gasteiger partial charge in [0, 0.05) is 37.0 Å². The zero-order valence-corrected chi connectivity index (χ0v) is 13.6. The number of benzene rings is 1. The van der Waals surface area contributed by atoms with Crippen molar-refractivity contribution in [1.29, 1.82) is 0 Å². The molecule has 1 unspecified atom stereocenters. The number of unbranched alkanes of at least 4 members (excludes halogenated alkanes) is 1. The Labute approximate surface area is 132 Å². The van der Waals surface area contributed by atoms with Gasteiger partial charge < -0.3 is 9.47 Å². The van der Waals surface area contributed by atoms with Crippen molar-refractivity contribution >= 4 is 17.0 Å². The number of pyridine rings is 1. The average molecular weight is 297 g/mol. The van der Waals surface area contributed by atoms with Crippen molar-refractivity contribution in [3.05, 3.63) is 47.3 Å². The predicted octanol–water partition coefficient (Wildman–Crippen LogP) is 5.01. The zero-order chi connectivity index (χ0) is 15.6. The minimum atomic E-state index is -0.751. The van der Waals surface area contributed by atoms with Crippen LogP contribution in [0.4, 0.5) is 0 Å². The second-order valence-electron chi connectivity index (χ2n) is 5.81. The summed E-state index contributed by atoms with van der Waals surface area (Å²) in [5.74, 6) is 0.215. The number of ether oxygens (including phenoxy) is 2. The Morgan fingerprint density at radius 1 is 1.23 bits per heavy atom. The largest absolute Gasteiger partial charge is 0.462 e. The van der Waals surface area contributed by atoms with E-state index in [9.17, 15) is 0 Å². The molecule has 0 bridgehead atoms. The minimum absolute atomic E-state index is 0.601. The van der Waals surface area contributed by atoms with Gasteiger partial charge in [0.1, 0.15) is 5.76 Å². The number of nitrogens with zero attached hydrogens (tertiary/aromatic N) is 1. The molecule has 116 valence electrons. The van der Waals surface area contributed by atoms with Crippen molar-refractivity contribution in [2.75, 3.05) is 6.61 Å². The first-order valence-corrected chi connectivity index (χ1v) is 8.10. The fourth-order valence-electron chi connectivity index (χ4n) is 2.95. The maximum Gasteiger partial charge on any atom is 0.236 e. The van der Waals surface area contributed by atoms with E-state index in [1.165, 1.54) is 0 Å². The molecule has 1 aromatic heterocycles. The molecule has 0 radical (unpaired) electrons. The molecule has 1 aromatic carbocycles. The molecule has 0 fully saturated rings. The number of hydrogen-bond acceptors (Lipinski definition) is 3. The Balaban J connectivity index is 2.12. The third kappa shape index (κ3) is 2.73. The van der Waals surface area contributed by atoms with Crippen LogP contribution in [0.25, 0.3) is 17.0 Å². The van der Waals surface area contributed by atoms with Crippen LogP contribution >= 0.6 is 0 Å². The van der Waals surface area contributed by atoms with Crippen molar-refractivity contribution in [2.24, 2.45) is 0 Å². The lowest BCUT2D eigenvalue weighted by Gasteiger charge is -2.35. The van der Waals surface area contributed by atoms with Gasteiger partial charge in [0.2, 0.25) is 5.79 Å². The third-order valence-corrected chi connectivity index (χ3v) is 4.06. The highest BCUT2D eigenvalue weighted by Gasteiger charge is 2.36. The maximum atomic E-state index is 6.19. The Bertz CT molecular complexity index is 708. The van der Waals surface area contributed by atoms with Crippen LogP contribution in [0, 0.1) is 0 Å². The summed E-state index contributed by atoms with van der Waals surface area (Å²) in [4.78, 5) is 4.82. The van der Waals surface area contributed by atoms with Crippen LogP contribution in [0.2, 0.25) is 0 Å². The standard InChI is InChI=1S/C19H23NO2/c1-4-6-10-15-13-18-16(19(3,22-15)21-5-2)12-14-9-7-8-11-17(14)20-18/h7-9,11-13H,4-6,10H2,1-3H3. The fourth-order valence-corrected chi connectivity index (χ4v) is 2.95. The highest BCUT2D eigenvalue weighted by Crippen LogP contribution is 2.39. The number of hydrogen-bond donors (Lipinski definition) is 0. The normalized spacial score (nSPS) is 20.4. The van der Waals surface area contributed by atoms with Gasteiger partial charge in [-0.25, -0.2) is 4.98 Å². The smallest absolute Gasteiger partial charge is 0.236 e. The van der Waals surface area contributed by atoms with Crippen LogP contribution in [0.5, 0.6) is 0 Å². The van der Waals surface area contributed by atoms with Gasteiger partial charge in [0.25, 0.3) is 0 Å². The van der Waals surface area contributed by atoms with Crippen molar-refractivity contribution in [3.63, 3.8) is 0 Å². The number of para-hydroxylation sites is 1. The predicted molar refractivity (Wildman–Crippen MR) is 89.3 cm³/mol. The van der Waals surface area contributed by atoms with E-state index in [1.807, 2.05) is 32.0 Å². The number of allylic oxidation sites excluding steroid dienone is 1. The summed E-state index contributed by atoms with van der Waals surface area (Å²) in [5, 5.41) is 1.11. The molecule has 1 aliphatic heterocycles. The first-order chi connectivity index (χ1) is 10.7. The van der Waals surface area contributed by atoms with Gasteiger partial charge in [-0.05, 0) is 25.5 Å². The molecule has 2 heterocycles. The van der Waals surface area contributed by atoms with Gasteiger partial charge in [0.05, 0.1) is 11.2 Å². The molecule has 0 spiro atoms. The van der Waals surface area contributed by atoms with E-state index in [4.69, 9.17) is 14.5 Å². The van der Waals surface area contributed by atoms with Crippen molar-refractivity contribution in [1.82, 2.24) is 4.98 Å².